The molecule has 0 radical (unpaired) electrons. The second kappa shape index (κ2) is 7.73. The number of hydrogen-bond donors (Lipinski definition) is 0. The van der Waals surface area contributed by atoms with E-state index in [4.69, 9.17) is 16.3 Å². The Bertz CT molecular complexity index is 285. The highest BCUT2D eigenvalue weighted by Gasteiger charge is 2.24. The predicted octanol–water partition coefficient (Wildman–Crippen LogP) is 4.64. The van der Waals surface area contributed by atoms with Crippen LogP contribution < -0.4 is 0 Å². The number of hydrogen-bond acceptors (Lipinski definition) is 1. The van der Waals surface area contributed by atoms with Gasteiger partial charge in [0.25, 0.3) is 0 Å². The normalized spacial score (nSPS) is 11.7. The van der Waals surface area contributed by atoms with Gasteiger partial charge in [-0.05, 0) is 30.2 Å². The van der Waals surface area contributed by atoms with E-state index in [2.05, 4.69) is 26.0 Å². The first-order chi connectivity index (χ1) is 8.26. The number of halogens is 1. The van der Waals surface area contributed by atoms with E-state index in [1.165, 1.54) is 5.56 Å². The van der Waals surface area contributed by atoms with Gasteiger partial charge in [-0.15, -0.1) is 11.6 Å². The third kappa shape index (κ3) is 4.69. The Morgan fingerprint density at radius 1 is 1.12 bits per heavy atom. The molecule has 0 aliphatic heterocycles. The molecular weight excluding hydrogens is 232 g/mol. The van der Waals surface area contributed by atoms with Gasteiger partial charge in [-0.1, -0.05) is 44.2 Å². The van der Waals surface area contributed by atoms with Gasteiger partial charge >= 0.3 is 0 Å². The molecule has 0 spiro atoms. The maximum Gasteiger partial charge on any atom is 0.0716 e. The second-order valence-corrected chi connectivity index (χ2v) is 4.90. The third-order valence-corrected chi connectivity index (χ3v) is 4.24. The van der Waals surface area contributed by atoms with Crippen LogP contribution in [0.4, 0.5) is 0 Å². The highest BCUT2D eigenvalue weighted by atomic mass is 35.5. The molecule has 2 heteroatoms. The molecule has 0 aliphatic carbocycles. The van der Waals surface area contributed by atoms with Crippen LogP contribution in [0.15, 0.2) is 30.3 Å². The maximum absolute atomic E-state index is 6.06. The predicted molar refractivity (Wildman–Crippen MR) is 74.5 cm³/mol. The molecule has 1 aromatic carbocycles. The first-order valence-corrected chi connectivity index (χ1v) is 6.97. The molecule has 0 atom stereocenters. The van der Waals surface area contributed by atoms with E-state index in [0.717, 1.165) is 31.7 Å². The molecule has 0 saturated carbocycles. The minimum atomic E-state index is 0.262. The molecule has 0 aromatic heterocycles. The summed E-state index contributed by atoms with van der Waals surface area (Å²) in [4.78, 5) is 0. The van der Waals surface area contributed by atoms with E-state index in [1.54, 1.807) is 0 Å². The Labute approximate surface area is 110 Å². The molecule has 1 aromatic rings. The van der Waals surface area contributed by atoms with E-state index in [-0.39, 0.29) is 5.41 Å². The minimum absolute atomic E-state index is 0.262. The lowest BCUT2D eigenvalue weighted by atomic mass is 9.81. The van der Waals surface area contributed by atoms with Gasteiger partial charge < -0.3 is 4.74 Å². The Hall–Kier alpha value is -0.530. The summed E-state index contributed by atoms with van der Waals surface area (Å²) in [6, 6.07) is 10.3. The van der Waals surface area contributed by atoms with Gasteiger partial charge in [0.05, 0.1) is 6.61 Å². The summed E-state index contributed by atoms with van der Waals surface area (Å²) in [5.41, 5.74) is 1.50. The lowest BCUT2D eigenvalue weighted by Crippen LogP contribution is -2.23. The summed E-state index contributed by atoms with van der Waals surface area (Å²) in [6.45, 7) is 5.92. The molecule has 0 bridgehead atoms. The summed E-state index contributed by atoms with van der Waals surface area (Å²) < 4.78 is 5.72. The van der Waals surface area contributed by atoms with Crippen molar-refractivity contribution in [3.63, 3.8) is 0 Å². The monoisotopic (exact) mass is 254 g/mol. The molecule has 1 nitrogen and oxygen atoms in total. The van der Waals surface area contributed by atoms with Crippen molar-refractivity contribution in [2.75, 3.05) is 12.5 Å². The first-order valence-electron chi connectivity index (χ1n) is 6.44. The number of ether oxygens (including phenoxy) is 1. The average molecular weight is 255 g/mol. The summed E-state index contributed by atoms with van der Waals surface area (Å²) >= 11 is 6.06. The fourth-order valence-corrected chi connectivity index (χ4v) is 2.42. The zero-order valence-corrected chi connectivity index (χ0v) is 11.7. The van der Waals surface area contributed by atoms with Crippen LogP contribution in [-0.4, -0.2) is 12.5 Å². The molecule has 0 saturated heterocycles. The Morgan fingerprint density at radius 3 is 2.29 bits per heavy atom. The molecule has 0 aliphatic rings. The highest BCUT2D eigenvalue weighted by molar-refractivity contribution is 6.18. The minimum Gasteiger partial charge on any atom is -0.377 e. The van der Waals surface area contributed by atoms with E-state index in [9.17, 15) is 0 Å². The van der Waals surface area contributed by atoms with Crippen LogP contribution in [0.3, 0.4) is 0 Å². The Morgan fingerprint density at radius 2 is 1.76 bits per heavy atom. The molecule has 0 heterocycles. The molecule has 0 fully saturated rings. The summed E-state index contributed by atoms with van der Waals surface area (Å²) in [5, 5.41) is 0. The summed E-state index contributed by atoms with van der Waals surface area (Å²) in [6.07, 6.45) is 3.31. The SMILES string of the molecule is CCC(CC)(CCl)CCOCc1ccccc1. The van der Waals surface area contributed by atoms with Gasteiger partial charge in [0.2, 0.25) is 0 Å². The van der Waals surface area contributed by atoms with Gasteiger partial charge in [-0.25, -0.2) is 0 Å². The molecule has 0 amide bonds. The van der Waals surface area contributed by atoms with E-state index >= 15 is 0 Å². The van der Waals surface area contributed by atoms with E-state index in [0.29, 0.717) is 6.61 Å². The van der Waals surface area contributed by atoms with Crippen LogP contribution >= 0.6 is 11.6 Å². The second-order valence-electron chi connectivity index (χ2n) is 4.63. The molecule has 1 rings (SSSR count). The number of alkyl halides is 1. The average Bonchev–Trinajstić information content (AvgIpc) is 2.41. The van der Waals surface area contributed by atoms with Crippen LogP contribution in [0.1, 0.15) is 38.7 Å². The summed E-state index contributed by atoms with van der Waals surface area (Å²) in [7, 11) is 0. The van der Waals surface area contributed by atoms with Gasteiger partial charge in [0, 0.05) is 12.5 Å². The molecule has 0 N–H and O–H groups in total. The topological polar surface area (TPSA) is 9.23 Å². The molecular formula is C15H23ClO. The lowest BCUT2D eigenvalue weighted by Gasteiger charge is -2.29. The smallest absolute Gasteiger partial charge is 0.0716 e. The van der Waals surface area contributed by atoms with Gasteiger partial charge in [0.1, 0.15) is 0 Å². The van der Waals surface area contributed by atoms with Gasteiger partial charge in [-0.2, -0.15) is 0 Å². The lowest BCUT2D eigenvalue weighted by molar-refractivity contribution is 0.0857. The zero-order chi connectivity index (χ0) is 12.6. The van der Waals surface area contributed by atoms with Crippen molar-refractivity contribution in [1.29, 1.82) is 0 Å². The first kappa shape index (κ1) is 14.5. The zero-order valence-electron chi connectivity index (χ0n) is 10.9. The van der Waals surface area contributed by atoms with Crippen molar-refractivity contribution < 1.29 is 4.74 Å². The maximum atomic E-state index is 6.06. The van der Waals surface area contributed by atoms with Crippen molar-refractivity contribution in [1.82, 2.24) is 0 Å². The fraction of sp³-hybridized carbons (Fsp3) is 0.600. The Kier molecular flexibility index (Phi) is 6.61. The van der Waals surface area contributed by atoms with Gasteiger partial charge in [0.15, 0.2) is 0 Å². The number of benzene rings is 1. The Balaban J connectivity index is 2.28. The quantitative estimate of drug-likeness (QED) is 0.485. The van der Waals surface area contributed by atoms with Crippen LogP contribution in [0.25, 0.3) is 0 Å². The molecule has 17 heavy (non-hydrogen) atoms. The summed E-state index contributed by atoms with van der Waals surface area (Å²) in [5.74, 6) is 0.731. The largest absolute Gasteiger partial charge is 0.377 e. The van der Waals surface area contributed by atoms with Crippen LogP contribution in [0.5, 0.6) is 0 Å². The standard InChI is InChI=1S/C15H23ClO/c1-3-15(4-2,13-16)10-11-17-12-14-8-6-5-7-9-14/h5-9H,3-4,10-13H2,1-2H3. The highest BCUT2D eigenvalue weighted by Crippen LogP contribution is 2.31. The van der Waals surface area contributed by atoms with E-state index in [1.807, 2.05) is 18.2 Å². The fourth-order valence-electron chi connectivity index (χ4n) is 1.91. The van der Waals surface area contributed by atoms with Crippen molar-refractivity contribution in [3.05, 3.63) is 35.9 Å². The van der Waals surface area contributed by atoms with Crippen molar-refractivity contribution in [3.8, 4) is 0 Å². The van der Waals surface area contributed by atoms with Crippen molar-refractivity contribution in [2.45, 2.75) is 39.7 Å². The van der Waals surface area contributed by atoms with Gasteiger partial charge in [-0.3, -0.25) is 0 Å². The molecule has 96 valence electrons. The van der Waals surface area contributed by atoms with Crippen molar-refractivity contribution >= 4 is 11.6 Å². The number of rotatable bonds is 8. The molecule has 0 unspecified atom stereocenters. The van der Waals surface area contributed by atoms with Crippen LogP contribution in [-0.2, 0) is 11.3 Å². The van der Waals surface area contributed by atoms with E-state index < -0.39 is 0 Å². The third-order valence-electron chi connectivity index (χ3n) is 3.67. The van der Waals surface area contributed by atoms with Crippen LogP contribution in [0.2, 0.25) is 0 Å². The van der Waals surface area contributed by atoms with Crippen LogP contribution in [0, 0.1) is 5.41 Å². The van der Waals surface area contributed by atoms with Crippen molar-refractivity contribution in [2.24, 2.45) is 5.41 Å².